The summed E-state index contributed by atoms with van der Waals surface area (Å²) in [6.07, 6.45) is 3.23. The molecule has 0 atom stereocenters. The number of nitrogens with zero attached hydrogens (tertiary/aromatic N) is 2. The van der Waals surface area contributed by atoms with Crippen LogP contribution in [0, 0.1) is 0 Å². The average Bonchev–Trinajstić information content (AvgIpc) is 2.96. The molecule has 4 nitrogen and oxygen atoms in total. The van der Waals surface area contributed by atoms with E-state index in [1.165, 1.54) is 0 Å². The minimum absolute atomic E-state index is 0.707. The van der Waals surface area contributed by atoms with E-state index < -0.39 is 0 Å². The molecule has 1 aromatic carbocycles. The lowest BCUT2D eigenvalue weighted by Crippen LogP contribution is -1.88. The molecule has 3 aromatic rings. The summed E-state index contributed by atoms with van der Waals surface area (Å²) in [5, 5.41) is 4.83. The Kier molecular flexibility index (Phi) is 2.59. The van der Waals surface area contributed by atoms with E-state index in [1.807, 2.05) is 36.4 Å². The summed E-state index contributed by atoms with van der Waals surface area (Å²) in [7, 11) is 0. The molecule has 0 aliphatic rings. The van der Waals surface area contributed by atoms with Gasteiger partial charge in [-0.25, -0.2) is 4.98 Å². The second kappa shape index (κ2) is 4.39. The number of fused-ring (bicyclic) bond motifs is 1. The molecule has 0 saturated heterocycles. The van der Waals surface area contributed by atoms with Gasteiger partial charge in [0.25, 0.3) is 0 Å². The van der Waals surface area contributed by atoms with E-state index in [-0.39, 0.29) is 0 Å². The third-order valence-electron chi connectivity index (χ3n) is 2.19. The molecular formula is C12H9N3OS. The van der Waals surface area contributed by atoms with E-state index in [0.717, 1.165) is 15.3 Å². The van der Waals surface area contributed by atoms with Crippen molar-refractivity contribution in [3.8, 4) is 0 Å². The van der Waals surface area contributed by atoms with Crippen molar-refractivity contribution >= 4 is 32.9 Å². The lowest BCUT2D eigenvalue weighted by Gasteiger charge is -1.90. The standard InChI is InChI=1S/C12H9N3OS/c1-2-6-11-10(5-1)14-12(17-11)15-13-8-9-4-3-7-16-9/h1-8H,(H,14,15). The van der Waals surface area contributed by atoms with Crippen molar-refractivity contribution in [2.24, 2.45) is 5.10 Å². The van der Waals surface area contributed by atoms with Crippen molar-refractivity contribution in [2.75, 3.05) is 5.43 Å². The summed E-state index contributed by atoms with van der Waals surface area (Å²) in [4.78, 5) is 4.39. The molecule has 3 rings (SSSR count). The first-order valence-corrected chi connectivity index (χ1v) is 5.91. The molecule has 0 bridgehead atoms. The number of benzene rings is 1. The minimum atomic E-state index is 0.707. The van der Waals surface area contributed by atoms with Gasteiger partial charge in [0, 0.05) is 0 Å². The molecule has 2 aromatic heterocycles. The van der Waals surface area contributed by atoms with Crippen molar-refractivity contribution < 1.29 is 4.42 Å². The van der Waals surface area contributed by atoms with Crippen molar-refractivity contribution in [1.29, 1.82) is 0 Å². The predicted molar refractivity (Wildman–Crippen MR) is 69.5 cm³/mol. The zero-order valence-corrected chi connectivity index (χ0v) is 9.65. The molecule has 1 N–H and O–H groups in total. The van der Waals surface area contributed by atoms with Crippen LogP contribution in [0.1, 0.15) is 5.76 Å². The van der Waals surface area contributed by atoms with Crippen LogP contribution in [-0.2, 0) is 0 Å². The van der Waals surface area contributed by atoms with E-state index in [4.69, 9.17) is 4.42 Å². The number of thiazole rings is 1. The maximum absolute atomic E-state index is 5.12. The second-order valence-corrected chi connectivity index (χ2v) is 4.40. The van der Waals surface area contributed by atoms with Crippen molar-refractivity contribution in [2.45, 2.75) is 0 Å². The summed E-state index contributed by atoms with van der Waals surface area (Å²) in [5.74, 6) is 0.707. The third kappa shape index (κ3) is 2.19. The quantitative estimate of drug-likeness (QED) is 0.567. The van der Waals surface area contributed by atoms with Gasteiger partial charge in [0.1, 0.15) is 5.76 Å². The Balaban J connectivity index is 1.77. The fourth-order valence-electron chi connectivity index (χ4n) is 1.44. The Bertz CT molecular complexity index is 610. The Labute approximate surface area is 102 Å². The fourth-order valence-corrected chi connectivity index (χ4v) is 2.25. The molecule has 0 unspecified atom stereocenters. The molecule has 84 valence electrons. The number of aromatic nitrogens is 1. The highest BCUT2D eigenvalue weighted by molar-refractivity contribution is 7.22. The van der Waals surface area contributed by atoms with E-state index in [9.17, 15) is 0 Å². The molecule has 2 heterocycles. The van der Waals surface area contributed by atoms with Crippen LogP contribution < -0.4 is 5.43 Å². The molecule has 0 spiro atoms. The summed E-state index contributed by atoms with van der Waals surface area (Å²) in [6, 6.07) is 11.6. The molecular weight excluding hydrogens is 234 g/mol. The van der Waals surface area contributed by atoms with E-state index in [0.29, 0.717) is 5.76 Å². The number of hydrogen-bond donors (Lipinski definition) is 1. The highest BCUT2D eigenvalue weighted by atomic mass is 32.1. The zero-order valence-electron chi connectivity index (χ0n) is 8.83. The number of hydrazone groups is 1. The monoisotopic (exact) mass is 243 g/mol. The fraction of sp³-hybridized carbons (Fsp3) is 0. The first-order chi connectivity index (χ1) is 8.42. The Morgan fingerprint density at radius 3 is 3.00 bits per heavy atom. The number of furan rings is 1. The Morgan fingerprint density at radius 1 is 1.24 bits per heavy atom. The van der Waals surface area contributed by atoms with Gasteiger partial charge < -0.3 is 4.42 Å². The summed E-state index contributed by atoms with van der Waals surface area (Å²) < 4.78 is 6.27. The first kappa shape index (κ1) is 10.0. The smallest absolute Gasteiger partial charge is 0.204 e. The van der Waals surface area contributed by atoms with Gasteiger partial charge in [-0.2, -0.15) is 5.10 Å². The summed E-state index contributed by atoms with van der Waals surface area (Å²) >= 11 is 1.57. The van der Waals surface area contributed by atoms with Crippen LogP contribution in [0.2, 0.25) is 0 Å². The lowest BCUT2D eigenvalue weighted by atomic mass is 10.3. The third-order valence-corrected chi connectivity index (χ3v) is 3.13. The van der Waals surface area contributed by atoms with Crippen LogP contribution >= 0.6 is 11.3 Å². The molecule has 0 fully saturated rings. The van der Waals surface area contributed by atoms with Crippen LogP contribution in [0.3, 0.4) is 0 Å². The van der Waals surface area contributed by atoms with Gasteiger partial charge in [0.15, 0.2) is 0 Å². The number of rotatable bonds is 3. The molecule has 17 heavy (non-hydrogen) atoms. The lowest BCUT2D eigenvalue weighted by molar-refractivity contribution is 0.560. The number of hydrogen-bond acceptors (Lipinski definition) is 5. The number of para-hydroxylation sites is 1. The minimum Gasteiger partial charge on any atom is -0.463 e. The van der Waals surface area contributed by atoms with Gasteiger partial charge >= 0.3 is 0 Å². The first-order valence-electron chi connectivity index (χ1n) is 5.10. The second-order valence-electron chi connectivity index (χ2n) is 3.37. The van der Waals surface area contributed by atoms with Crippen molar-refractivity contribution in [1.82, 2.24) is 4.98 Å². The molecule has 0 radical (unpaired) electrons. The Hall–Kier alpha value is -2.14. The van der Waals surface area contributed by atoms with Crippen LogP contribution in [-0.4, -0.2) is 11.2 Å². The van der Waals surface area contributed by atoms with Crippen LogP contribution in [0.15, 0.2) is 52.2 Å². The normalized spacial score (nSPS) is 11.3. The highest BCUT2D eigenvalue weighted by Gasteiger charge is 2.00. The van der Waals surface area contributed by atoms with Gasteiger partial charge in [0.05, 0.1) is 22.7 Å². The predicted octanol–water partition coefficient (Wildman–Crippen LogP) is 3.34. The number of nitrogens with one attached hydrogen (secondary N) is 1. The summed E-state index contributed by atoms with van der Waals surface area (Å²) in [6.45, 7) is 0. The van der Waals surface area contributed by atoms with Gasteiger partial charge in [-0.3, -0.25) is 5.43 Å². The van der Waals surface area contributed by atoms with Gasteiger partial charge in [-0.1, -0.05) is 23.5 Å². The maximum Gasteiger partial charge on any atom is 0.204 e. The zero-order chi connectivity index (χ0) is 11.5. The van der Waals surface area contributed by atoms with Gasteiger partial charge in [0.2, 0.25) is 5.13 Å². The topological polar surface area (TPSA) is 50.4 Å². The van der Waals surface area contributed by atoms with Gasteiger partial charge in [-0.05, 0) is 24.3 Å². The molecule has 0 amide bonds. The highest BCUT2D eigenvalue weighted by Crippen LogP contribution is 2.25. The molecule has 5 heteroatoms. The Morgan fingerprint density at radius 2 is 2.18 bits per heavy atom. The van der Waals surface area contributed by atoms with Crippen LogP contribution in [0.5, 0.6) is 0 Å². The molecule has 0 aliphatic heterocycles. The van der Waals surface area contributed by atoms with Crippen molar-refractivity contribution in [3.05, 3.63) is 48.4 Å². The van der Waals surface area contributed by atoms with Crippen LogP contribution in [0.4, 0.5) is 5.13 Å². The average molecular weight is 243 g/mol. The van der Waals surface area contributed by atoms with E-state index in [2.05, 4.69) is 15.5 Å². The SMILES string of the molecule is C(=NNc1nc2ccccc2s1)c1ccco1. The maximum atomic E-state index is 5.12. The number of anilines is 1. The van der Waals surface area contributed by atoms with Crippen molar-refractivity contribution in [3.63, 3.8) is 0 Å². The van der Waals surface area contributed by atoms with Gasteiger partial charge in [-0.15, -0.1) is 0 Å². The molecule has 0 saturated carbocycles. The summed E-state index contributed by atoms with van der Waals surface area (Å²) in [5.41, 5.74) is 3.87. The largest absolute Gasteiger partial charge is 0.463 e. The van der Waals surface area contributed by atoms with E-state index in [1.54, 1.807) is 23.8 Å². The van der Waals surface area contributed by atoms with Crippen LogP contribution in [0.25, 0.3) is 10.2 Å². The molecule has 0 aliphatic carbocycles. The van der Waals surface area contributed by atoms with E-state index >= 15 is 0 Å².